The molecular formula is C27H29F2N5O3S2. The molecule has 206 valence electrons. The summed E-state index contributed by atoms with van der Waals surface area (Å²) >= 11 is 1.39. The molecule has 0 amide bonds. The third kappa shape index (κ3) is 6.34. The number of anilines is 2. The van der Waals surface area contributed by atoms with Crippen LogP contribution in [0.4, 0.5) is 20.4 Å². The summed E-state index contributed by atoms with van der Waals surface area (Å²) in [5, 5.41) is 3.96. The van der Waals surface area contributed by atoms with Crippen molar-refractivity contribution in [1.82, 2.24) is 15.0 Å². The minimum absolute atomic E-state index is 0.0630. The minimum atomic E-state index is -4.39. The molecule has 0 aliphatic rings. The van der Waals surface area contributed by atoms with Gasteiger partial charge in [0.1, 0.15) is 16.5 Å². The summed E-state index contributed by atoms with van der Waals surface area (Å²) in [5.74, 6) is -0.784. The summed E-state index contributed by atoms with van der Waals surface area (Å²) in [7, 11) is -3.13. The van der Waals surface area contributed by atoms with E-state index in [4.69, 9.17) is 9.72 Å². The second-order valence-corrected chi connectivity index (χ2v) is 12.2. The number of nitrogens with one attached hydrogen (secondary N) is 2. The number of hydrogen-bond donors (Lipinski definition) is 2. The standard InChI is InChI=1S/C27H29F2N5O3S2/c1-15(2)14-31-27-30-12-11-20(32-27)25-24(33-26(38-25)16(3)4)18-7-6-8-19(23(18)29)34-39(35,36)22-13-17(28)9-10-21(22)37-5/h6-13,15-16,34H,14H2,1-5H3,(H,30,31,32). The predicted molar refractivity (Wildman–Crippen MR) is 150 cm³/mol. The van der Waals surface area contributed by atoms with Crippen molar-refractivity contribution in [2.75, 3.05) is 23.7 Å². The van der Waals surface area contributed by atoms with Gasteiger partial charge in [0.2, 0.25) is 5.95 Å². The van der Waals surface area contributed by atoms with Crippen molar-refractivity contribution in [2.24, 2.45) is 5.92 Å². The normalized spacial score (nSPS) is 11.7. The zero-order valence-corrected chi connectivity index (χ0v) is 23.8. The summed E-state index contributed by atoms with van der Waals surface area (Å²) in [6.45, 7) is 8.79. The lowest BCUT2D eigenvalue weighted by atomic mass is 10.1. The highest BCUT2D eigenvalue weighted by molar-refractivity contribution is 7.92. The number of nitrogens with zero attached hydrogens (tertiary/aromatic N) is 3. The van der Waals surface area contributed by atoms with E-state index in [2.05, 4.69) is 33.9 Å². The van der Waals surface area contributed by atoms with Crippen molar-refractivity contribution in [2.45, 2.75) is 38.5 Å². The van der Waals surface area contributed by atoms with E-state index in [0.29, 0.717) is 34.7 Å². The quantitative estimate of drug-likeness (QED) is 0.222. The van der Waals surface area contributed by atoms with Gasteiger partial charge in [-0.3, -0.25) is 4.72 Å². The Bertz CT molecular complexity index is 1590. The fraction of sp³-hybridized carbons (Fsp3) is 0.296. The van der Waals surface area contributed by atoms with Crippen LogP contribution in [0.2, 0.25) is 0 Å². The van der Waals surface area contributed by atoms with Gasteiger partial charge in [0.15, 0.2) is 5.82 Å². The third-order valence-electron chi connectivity index (χ3n) is 5.61. The Labute approximate surface area is 230 Å². The molecule has 0 radical (unpaired) electrons. The van der Waals surface area contributed by atoms with E-state index in [0.717, 1.165) is 17.1 Å². The Kier molecular flexibility index (Phi) is 8.45. The molecule has 0 saturated carbocycles. The zero-order chi connectivity index (χ0) is 28.3. The van der Waals surface area contributed by atoms with Gasteiger partial charge in [-0.1, -0.05) is 33.8 Å². The molecule has 0 aliphatic heterocycles. The largest absolute Gasteiger partial charge is 0.495 e. The number of sulfonamides is 1. The van der Waals surface area contributed by atoms with Crippen LogP contribution in [0.5, 0.6) is 5.75 Å². The van der Waals surface area contributed by atoms with Gasteiger partial charge in [0.25, 0.3) is 10.0 Å². The van der Waals surface area contributed by atoms with Gasteiger partial charge < -0.3 is 10.1 Å². The van der Waals surface area contributed by atoms with Crippen molar-refractivity contribution >= 4 is 33.0 Å². The van der Waals surface area contributed by atoms with E-state index in [1.807, 2.05) is 13.8 Å². The summed E-state index contributed by atoms with van der Waals surface area (Å²) in [4.78, 5) is 13.8. The molecular weight excluding hydrogens is 544 g/mol. The molecule has 0 atom stereocenters. The van der Waals surface area contributed by atoms with E-state index >= 15 is 4.39 Å². The monoisotopic (exact) mass is 573 g/mol. The average molecular weight is 574 g/mol. The Morgan fingerprint density at radius 3 is 2.51 bits per heavy atom. The molecule has 4 aromatic rings. The highest BCUT2D eigenvalue weighted by Gasteiger charge is 2.25. The number of hydrogen-bond acceptors (Lipinski definition) is 8. The lowest BCUT2D eigenvalue weighted by Gasteiger charge is -2.14. The van der Waals surface area contributed by atoms with Crippen LogP contribution in [-0.4, -0.2) is 37.0 Å². The molecule has 0 aliphatic carbocycles. The van der Waals surface area contributed by atoms with Gasteiger partial charge >= 0.3 is 0 Å². The molecule has 0 fully saturated rings. The fourth-order valence-corrected chi connectivity index (χ4v) is 5.95. The number of ether oxygens (including phenoxy) is 1. The summed E-state index contributed by atoms with van der Waals surface area (Å²) in [6.07, 6.45) is 1.62. The first-order valence-corrected chi connectivity index (χ1v) is 14.5. The molecule has 0 bridgehead atoms. The first-order chi connectivity index (χ1) is 18.5. The van der Waals surface area contributed by atoms with Crippen LogP contribution >= 0.6 is 11.3 Å². The lowest BCUT2D eigenvalue weighted by molar-refractivity contribution is 0.401. The highest BCUT2D eigenvalue weighted by Crippen LogP contribution is 2.41. The molecule has 2 aromatic heterocycles. The lowest BCUT2D eigenvalue weighted by Crippen LogP contribution is -2.15. The Balaban J connectivity index is 1.78. The van der Waals surface area contributed by atoms with Gasteiger partial charge in [-0.2, -0.15) is 0 Å². The van der Waals surface area contributed by atoms with Gasteiger partial charge in [-0.15, -0.1) is 11.3 Å². The van der Waals surface area contributed by atoms with Crippen LogP contribution in [-0.2, 0) is 10.0 Å². The molecule has 2 N–H and O–H groups in total. The fourth-order valence-electron chi connectivity index (χ4n) is 3.66. The SMILES string of the molecule is COc1ccc(F)cc1S(=O)(=O)Nc1cccc(-c2nc(C(C)C)sc2-c2ccnc(NCC(C)C)n2)c1F. The van der Waals surface area contributed by atoms with Crippen molar-refractivity contribution in [3.05, 3.63) is 65.3 Å². The van der Waals surface area contributed by atoms with Crippen LogP contribution in [0.25, 0.3) is 21.8 Å². The number of aromatic nitrogens is 3. The second-order valence-electron chi connectivity index (χ2n) is 9.49. The van der Waals surface area contributed by atoms with Crippen LogP contribution in [0.15, 0.2) is 53.6 Å². The predicted octanol–water partition coefficient (Wildman–Crippen LogP) is 6.55. The van der Waals surface area contributed by atoms with E-state index in [-0.39, 0.29) is 22.9 Å². The first kappa shape index (κ1) is 28.4. The molecule has 2 aromatic carbocycles. The van der Waals surface area contributed by atoms with Crippen LogP contribution < -0.4 is 14.8 Å². The summed E-state index contributed by atoms with van der Waals surface area (Å²) < 4.78 is 63.3. The van der Waals surface area contributed by atoms with Crippen LogP contribution in [0, 0.1) is 17.6 Å². The molecule has 0 unspecified atom stereocenters. The molecule has 0 saturated heterocycles. The molecule has 4 rings (SSSR count). The first-order valence-electron chi connectivity index (χ1n) is 12.2. The van der Waals surface area contributed by atoms with Crippen LogP contribution in [0.1, 0.15) is 38.6 Å². The average Bonchev–Trinajstić information content (AvgIpc) is 3.34. The van der Waals surface area contributed by atoms with Crippen molar-refractivity contribution in [3.8, 4) is 27.6 Å². The maximum atomic E-state index is 15.9. The number of rotatable bonds is 10. The van der Waals surface area contributed by atoms with Crippen molar-refractivity contribution < 1.29 is 21.9 Å². The highest BCUT2D eigenvalue weighted by atomic mass is 32.2. The van der Waals surface area contributed by atoms with Crippen LogP contribution in [0.3, 0.4) is 0 Å². The van der Waals surface area contributed by atoms with E-state index in [1.54, 1.807) is 12.3 Å². The van der Waals surface area contributed by atoms with Gasteiger partial charge in [-0.05, 0) is 42.3 Å². The van der Waals surface area contributed by atoms with E-state index < -0.39 is 26.6 Å². The minimum Gasteiger partial charge on any atom is -0.495 e. The number of methoxy groups -OCH3 is 1. The molecule has 12 heteroatoms. The summed E-state index contributed by atoms with van der Waals surface area (Å²) in [5.41, 5.74) is 0.672. The van der Waals surface area contributed by atoms with Gasteiger partial charge in [0, 0.05) is 24.2 Å². The summed E-state index contributed by atoms with van der Waals surface area (Å²) in [6, 6.07) is 9.14. The number of thiazole rings is 1. The molecule has 0 spiro atoms. The van der Waals surface area contributed by atoms with E-state index in [9.17, 15) is 12.8 Å². The third-order valence-corrected chi connectivity index (χ3v) is 8.37. The van der Waals surface area contributed by atoms with Gasteiger partial charge in [0.05, 0.1) is 34.1 Å². The zero-order valence-electron chi connectivity index (χ0n) is 22.1. The van der Waals surface area contributed by atoms with Crippen molar-refractivity contribution in [3.63, 3.8) is 0 Å². The Morgan fingerprint density at radius 1 is 1.05 bits per heavy atom. The molecule has 8 nitrogen and oxygen atoms in total. The maximum absolute atomic E-state index is 15.9. The Morgan fingerprint density at radius 2 is 1.82 bits per heavy atom. The Hall–Kier alpha value is -3.64. The smallest absolute Gasteiger partial charge is 0.265 e. The second kappa shape index (κ2) is 11.6. The molecule has 39 heavy (non-hydrogen) atoms. The molecule has 2 heterocycles. The van der Waals surface area contributed by atoms with E-state index in [1.165, 1.54) is 42.7 Å². The number of halogens is 2. The van der Waals surface area contributed by atoms with Crippen molar-refractivity contribution in [1.29, 1.82) is 0 Å². The number of benzene rings is 2. The maximum Gasteiger partial charge on any atom is 0.265 e. The topological polar surface area (TPSA) is 106 Å². The van der Waals surface area contributed by atoms with Gasteiger partial charge in [-0.25, -0.2) is 32.2 Å².